The zero-order chi connectivity index (χ0) is 33.3. The minimum atomic E-state index is -0.429. The highest BCUT2D eigenvalue weighted by Gasteiger charge is 2.26. The lowest BCUT2D eigenvalue weighted by Crippen LogP contribution is -2.52. The Labute approximate surface area is 266 Å². The predicted molar refractivity (Wildman–Crippen MR) is 173 cm³/mol. The molecule has 0 unspecified atom stereocenters. The average Bonchev–Trinajstić information content (AvgIpc) is 3.39. The van der Waals surface area contributed by atoms with E-state index in [1.54, 1.807) is 52.7 Å². The third-order valence-electron chi connectivity index (χ3n) is 7.08. The summed E-state index contributed by atoms with van der Waals surface area (Å²) in [7, 11) is 5.44. The standard InChI is InChI=1S/C30H35ClN8O3.CH2O2/c1-19(33)24(16-32)20-5-7-21(8-6-20)26-17-34-28(37(26)4)29(41)35-22-9-10-23(25(31)15-22)30(42)39-13-11-38(12-14-39)27(40)18-36(2)3;2-1-3/h5-10,15-17,32H,11-14,18,33H2,1-4H3,(H,35,41);1H,(H,2,3)/b24-19+,32-16?;. The first-order valence-corrected chi connectivity index (χ1v) is 14.3. The summed E-state index contributed by atoms with van der Waals surface area (Å²) in [5.41, 5.74) is 10.2. The smallest absolute Gasteiger partial charge is 0.291 e. The van der Waals surface area contributed by atoms with Crippen molar-refractivity contribution in [1.82, 2.24) is 24.3 Å². The monoisotopic (exact) mass is 636 g/mol. The molecule has 0 atom stereocenters. The molecule has 14 heteroatoms. The number of nitrogens with one attached hydrogen (secondary N) is 2. The Balaban J connectivity index is 0.00000177. The lowest BCUT2D eigenvalue weighted by molar-refractivity contribution is -0.133. The van der Waals surface area contributed by atoms with Crippen LogP contribution >= 0.6 is 11.6 Å². The van der Waals surface area contributed by atoms with Crippen LogP contribution in [0.3, 0.4) is 0 Å². The highest BCUT2D eigenvalue weighted by molar-refractivity contribution is 6.34. The first-order valence-electron chi connectivity index (χ1n) is 13.9. The summed E-state index contributed by atoms with van der Waals surface area (Å²) in [6.45, 7) is 3.61. The summed E-state index contributed by atoms with van der Waals surface area (Å²) < 4.78 is 1.69. The number of benzene rings is 2. The molecule has 0 spiro atoms. The van der Waals surface area contributed by atoms with Gasteiger partial charge in [0.1, 0.15) is 0 Å². The minimum Gasteiger partial charge on any atom is -0.483 e. The van der Waals surface area contributed by atoms with Gasteiger partial charge in [-0.05, 0) is 50.3 Å². The molecule has 1 aliphatic heterocycles. The maximum Gasteiger partial charge on any atom is 0.291 e. The van der Waals surface area contributed by atoms with Crippen LogP contribution in [0.5, 0.6) is 0 Å². The first kappa shape index (κ1) is 34.5. The van der Waals surface area contributed by atoms with Gasteiger partial charge in [0.25, 0.3) is 18.3 Å². The topological polar surface area (TPSA) is 178 Å². The van der Waals surface area contributed by atoms with Crippen molar-refractivity contribution >= 4 is 53.3 Å². The molecule has 0 saturated carbocycles. The fourth-order valence-electron chi connectivity index (χ4n) is 4.79. The van der Waals surface area contributed by atoms with Crippen molar-refractivity contribution < 1.29 is 24.3 Å². The maximum absolute atomic E-state index is 13.1. The molecular formula is C31H37ClN8O5. The van der Waals surface area contributed by atoms with Crippen molar-refractivity contribution in [3.63, 3.8) is 0 Å². The van der Waals surface area contributed by atoms with Crippen LogP contribution in [0, 0.1) is 5.41 Å². The van der Waals surface area contributed by atoms with Gasteiger partial charge in [-0.3, -0.25) is 19.2 Å². The Kier molecular flexibility index (Phi) is 12.0. The molecular weight excluding hydrogens is 600 g/mol. The number of rotatable bonds is 8. The van der Waals surface area contributed by atoms with E-state index in [2.05, 4.69) is 10.3 Å². The second kappa shape index (κ2) is 15.6. The van der Waals surface area contributed by atoms with Crippen molar-refractivity contribution in [2.24, 2.45) is 12.8 Å². The normalized spacial score (nSPS) is 13.4. The van der Waals surface area contributed by atoms with Gasteiger partial charge in [-0.25, -0.2) is 4.98 Å². The summed E-state index contributed by atoms with van der Waals surface area (Å²) >= 11 is 6.47. The Bertz CT molecular complexity index is 1590. The summed E-state index contributed by atoms with van der Waals surface area (Å²) in [6.07, 6.45) is 2.84. The maximum atomic E-state index is 13.1. The number of nitrogens with two attached hydrogens (primary N) is 1. The summed E-state index contributed by atoms with van der Waals surface area (Å²) in [5, 5.41) is 17.5. The number of carboxylic acid groups (broad SMARTS) is 1. The molecule has 4 rings (SSSR count). The van der Waals surface area contributed by atoms with Crippen molar-refractivity contribution in [2.75, 3.05) is 52.1 Å². The lowest BCUT2D eigenvalue weighted by atomic mass is 10.0. The van der Waals surface area contributed by atoms with E-state index in [4.69, 9.17) is 32.6 Å². The van der Waals surface area contributed by atoms with E-state index in [-0.39, 0.29) is 29.1 Å². The van der Waals surface area contributed by atoms with Crippen molar-refractivity contribution in [3.8, 4) is 11.3 Å². The van der Waals surface area contributed by atoms with Gasteiger partial charge in [0, 0.05) is 56.4 Å². The molecule has 1 saturated heterocycles. The zero-order valence-corrected chi connectivity index (χ0v) is 26.3. The van der Waals surface area contributed by atoms with Gasteiger partial charge in [-0.1, -0.05) is 35.9 Å². The number of piperazine rings is 1. The number of anilines is 1. The van der Waals surface area contributed by atoms with Gasteiger partial charge in [-0.15, -0.1) is 0 Å². The molecule has 1 aliphatic rings. The number of likely N-dealkylation sites (N-methyl/N-ethyl adjacent to an activating group) is 1. The number of amides is 3. The Morgan fingerprint density at radius 3 is 2.22 bits per heavy atom. The third kappa shape index (κ3) is 8.55. The van der Waals surface area contributed by atoms with Gasteiger partial charge in [-0.2, -0.15) is 0 Å². The van der Waals surface area contributed by atoms with Crippen molar-refractivity contribution in [2.45, 2.75) is 6.92 Å². The number of carbonyl (C=O) groups excluding carboxylic acids is 3. The van der Waals surface area contributed by atoms with Gasteiger partial charge in [0.2, 0.25) is 5.91 Å². The van der Waals surface area contributed by atoms with E-state index < -0.39 is 5.91 Å². The van der Waals surface area contributed by atoms with Crippen molar-refractivity contribution in [1.29, 1.82) is 5.41 Å². The number of hydrogen-bond donors (Lipinski definition) is 4. The van der Waals surface area contributed by atoms with Crippen LogP contribution in [0.15, 0.2) is 54.4 Å². The number of allylic oxidation sites excluding steroid dienone is 2. The molecule has 0 radical (unpaired) electrons. The molecule has 45 heavy (non-hydrogen) atoms. The third-order valence-corrected chi connectivity index (χ3v) is 7.39. The summed E-state index contributed by atoms with van der Waals surface area (Å²) in [5.74, 6) is -0.412. The average molecular weight is 637 g/mol. The molecule has 3 amide bonds. The van der Waals surface area contributed by atoms with Crippen LogP contribution in [-0.2, 0) is 16.6 Å². The highest BCUT2D eigenvalue weighted by atomic mass is 35.5. The molecule has 5 N–H and O–H groups in total. The van der Waals surface area contributed by atoms with E-state index in [1.807, 2.05) is 43.3 Å². The molecule has 3 aromatic rings. The second-order valence-corrected chi connectivity index (χ2v) is 10.9. The number of hydrogen-bond acceptors (Lipinski definition) is 8. The van der Waals surface area contributed by atoms with E-state index >= 15 is 0 Å². The largest absolute Gasteiger partial charge is 0.483 e. The molecule has 1 aromatic heterocycles. The van der Waals surface area contributed by atoms with E-state index in [9.17, 15) is 14.4 Å². The van der Waals surface area contributed by atoms with E-state index in [1.165, 1.54) is 6.21 Å². The molecule has 0 aliphatic carbocycles. The minimum absolute atomic E-state index is 0.0376. The summed E-state index contributed by atoms with van der Waals surface area (Å²) in [4.78, 5) is 56.4. The van der Waals surface area contributed by atoms with Crippen LogP contribution in [0.1, 0.15) is 33.5 Å². The zero-order valence-electron chi connectivity index (χ0n) is 25.6. The fraction of sp³-hybridized carbons (Fsp3) is 0.290. The van der Waals surface area contributed by atoms with Crippen LogP contribution in [-0.4, -0.2) is 107 Å². The van der Waals surface area contributed by atoms with Crippen molar-refractivity contribution in [3.05, 3.63) is 76.3 Å². The fourth-order valence-corrected chi connectivity index (χ4v) is 5.05. The van der Waals surface area contributed by atoms with E-state index in [0.717, 1.165) is 16.8 Å². The number of imidazole rings is 1. The predicted octanol–water partition coefficient (Wildman–Crippen LogP) is 2.88. The lowest BCUT2D eigenvalue weighted by Gasteiger charge is -2.35. The Morgan fingerprint density at radius 1 is 1.09 bits per heavy atom. The number of nitrogens with zero attached hydrogens (tertiary/aromatic N) is 5. The van der Waals surface area contributed by atoms with Gasteiger partial charge >= 0.3 is 0 Å². The quantitative estimate of drug-likeness (QED) is 0.215. The van der Waals surface area contributed by atoms with Gasteiger partial charge < -0.3 is 40.8 Å². The van der Waals surface area contributed by atoms with Crippen LogP contribution in [0.2, 0.25) is 5.02 Å². The number of aromatic nitrogens is 2. The molecule has 238 valence electrons. The van der Waals surface area contributed by atoms with Crippen LogP contribution in [0.25, 0.3) is 16.8 Å². The Morgan fingerprint density at radius 2 is 1.69 bits per heavy atom. The van der Waals surface area contributed by atoms with Crippen LogP contribution in [0.4, 0.5) is 5.69 Å². The first-order chi connectivity index (χ1) is 21.4. The molecule has 1 fully saturated rings. The number of halogens is 1. The van der Waals surface area contributed by atoms with E-state index in [0.29, 0.717) is 55.2 Å². The number of carbonyl (C=O) groups is 4. The molecule has 2 aromatic carbocycles. The highest BCUT2D eigenvalue weighted by Crippen LogP contribution is 2.26. The molecule has 2 heterocycles. The summed E-state index contributed by atoms with van der Waals surface area (Å²) in [6, 6.07) is 12.3. The SMILES string of the molecule is C/C(N)=C(/C=N)c1ccc(-c2cnc(C(=O)Nc3ccc(C(=O)N4CCN(C(=O)CN(C)C)CC4)c(Cl)c3)n2C)cc1.O=CO. The molecule has 0 bridgehead atoms. The van der Waals surface area contributed by atoms with Gasteiger partial charge in [0.15, 0.2) is 5.82 Å². The second-order valence-electron chi connectivity index (χ2n) is 10.5. The molecule has 13 nitrogen and oxygen atoms in total. The Hall–Kier alpha value is -5.01. The van der Waals surface area contributed by atoms with Gasteiger partial charge in [0.05, 0.1) is 29.0 Å². The van der Waals surface area contributed by atoms with Crippen LogP contribution < -0.4 is 11.1 Å².